The SMILES string of the molecule is O=[N+]([O-])c1cnc(C(F)(F)F)cc1OC1CC1. The van der Waals surface area contributed by atoms with Gasteiger partial charge >= 0.3 is 11.9 Å². The molecule has 0 spiro atoms. The number of halogens is 3. The quantitative estimate of drug-likeness (QED) is 0.609. The molecule has 1 saturated carbocycles. The van der Waals surface area contributed by atoms with Crippen molar-refractivity contribution in [3.8, 4) is 5.75 Å². The van der Waals surface area contributed by atoms with Crippen LogP contribution in [0.4, 0.5) is 18.9 Å². The van der Waals surface area contributed by atoms with E-state index < -0.39 is 22.5 Å². The molecule has 1 aromatic heterocycles. The predicted octanol–water partition coefficient (Wildman–Crippen LogP) is 2.55. The Balaban J connectivity index is 2.38. The van der Waals surface area contributed by atoms with Gasteiger partial charge in [0.15, 0.2) is 0 Å². The predicted molar refractivity (Wildman–Crippen MR) is 49.5 cm³/mol. The molecular weight excluding hydrogens is 241 g/mol. The van der Waals surface area contributed by atoms with Crippen LogP contribution in [0, 0.1) is 10.1 Å². The van der Waals surface area contributed by atoms with E-state index in [2.05, 4.69) is 4.98 Å². The van der Waals surface area contributed by atoms with Gasteiger partial charge in [0.1, 0.15) is 11.9 Å². The van der Waals surface area contributed by atoms with Crippen molar-refractivity contribution in [3.05, 3.63) is 28.1 Å². The molecule has 8 heteroatoms. The van der Waals surface area contributed by atoms with E-state index in [-0.39, 0.29) is 11.9 Å². The molecule has 0 N–H and O–H groups in total. The van der Waals surface area contributed by atoms with Gasteiger partial charge in [-0.1, -0.05) is 0 Å². The minimum Gasteiger partial charge on any atom is -0.483 e. The summed E-state index contributed by atoms with van der Waals surface area (Å²) in [6.45, 7) is 0. The molecule has 2 rings (SSSR count). The molecule has 0 aliphatic heterocycles. The van der Waals surface area contributed by atoms with E-state index in [1.807, 2.05) is 0 Å². The van der Waals surface area contributed by atoms with Gasteiger partial charge < -0.3 is 4.74 Å². The first-order chi connectivity index (χ1) is 7.88. The van der Waals surface area contributed by atoms with Crippen molar-refractivity contribution in [2.75, 3.05) is 0 Å². The van der Waals surface area contributed by atoms with Crippen molar-refractivity contribution in [1.29, 1.82) is 0 Å². The number of rotatable bonds is 3. The lowest BCUT2D eigenvalue weighted by atomic mass is 10.3. The summed E-state index contributed by atoms with van der Waals surface area (Å²) in [4.78, 5) is 12.8. The number of nitrogens with zero attached hydrogens (tertiary/aromatic N) is 2. The Bertz CT molecular complexity index is 457. The zero-order chi connectivity index (χ0) is 12.6. The summed E-state index contributed by atoms with van der Waals surface area (Å²) >= 11 is 0. The average Bonchev–Trinajstić information content (AvgIpc) is 2.99. The fourth-order valence-corrected chi connectivity index (χ4v) is 1.18. The van der Waals surface area contributed by atoms with E-state index in [4.69, 9.17) is 4.74 Å². The minimum atomic E-state index is -4.64. The van der Waals surface area contributed by atoms with E-state index >= 15 is 0 Å². The molecule has 1 fully saturated rings. The number of hydrogen-bond donors (Lipinski definition) is 0. The molecular formula is C9H7F3N2O3. The molecule has 1 aliphatic rings. The second kappa shape index (κ2) is 3.86. The largest absolute Gasteiger partial charge is 0.483 e. The topological polar surface area (TPSA) is 65.3 Å². The van der Waals surface area contributed by atoms with Crippen LogP contribution in [0.2, 0.25) is 0 Å². The van der Waals surface area contributed by atoms with Gasteiger partial charge in [0, 0.05) is 6.07 Å². The number of pyridine rings is 1. The van der Waals surface area contributed by atoms with Gasteiger partial charge in [-0.2, -0.15) is 13.2 Å². The first-order valence-corrected chi connectivity index (χ1v) is 4.76. The molecule has 17 heavy (non-hydrogen) atoms. The van der Waals surface area contributed by atoms with Gasteiger partial charge in [0.2, 0.25) is 5.75 Å². The Hall–Kier alpha value is -1.86. The number of alkyl halides is 3. The Morgan fingerprint density at radius 2 is 2.12 bits per heavy atom. The Morgan fingerprint density at radius 3 is 2.59 bits per heavy atom. The van der Waals surface area contributed by atoms with E-state index in [0.29, 0.717) is 25.1 Å². The molecule has 1 aliphatic carbocycles. The van der Waals surface area contributed by atoms with Gasteiger partial charge in [-0.25, -0.2) is 4.98 Å². The molecule has 0 radical (unpaired) electrons. The minimum absolute atomic E-state index is 0.225. The standard InChI is InChI=1S/C9H7F3N2O3/c10-9(11,12)8-3-7(17-5-1-2-5)6(4-13-8)14(15)16/h3-5H,1-2H2. The van der Waals surface area contributed by atoms with Crippen molar-refractivity contribution in [2.24, 2.45) is 0 Å². The maximum absolute atomic E-state index is 12.4. The summed E-state index contributed by atoms with van der Waals surface area (Å²) in [5.41, 5.74) is -1.75. The average molecular weight is 248 g/mol. The van der Waals surface area contributed by atoms with E-state index in [1.165, 1.54) is 0 Å². The second-order valence-electron chi connectivity index (χ2n) is 3.61. The number of hydrogen-bond acceptors (Lipinski definition) is 4. The molecule has 0 unspecified atom stereocenters. The normalized spacial score (nSPS) is 15.7. The van der Waals surface area contributed by atoms with Gasteiger partial charge in [0.05, 0.1) is 11.0 Å². The molecule has 0 aromatic carbocycles. The van der Waals surface area contributed by atoms with Crippen LogP contribution in [-0.4, -0.2) is 16.0 Å². The van der Waals surface area contributed by atoms with E-state index in [1.54, 1.807) is 0 Å². The lowest BCUT2D eigenvalue weighted by molar-refractivity contribution is -0.386. The third kappa shape index (κ3) is 2.63. The van der Waals surface area contributed by atoms with Crippen LogP contribution < -0.4 is 4.74 Å². The zero-order valence-electron chi connectivity index (χ0n) is 8.40. The fraction of sp³-hybridized carbons (Fsp3) is 0.444. The molecule has 1 aromatic rings. The highest BCUT2D eigenvalue weighted by atomic mass is 19.4. The Labute approximate surface area is 93.4 Å². The monoisotopic (exact) mass is 248 g/mol. The fourth-order valence-electron chi connectivity index (χ4n) is 1.18. The van der Waals surface area contributed by atoms with Gasteiger partial charge in [-0.15, -0.1) is 0 Å². The first kappa shape index (κ1) is 11.6. The van der Waals surface area contributed by atoms with Crippen LogP contribution in [0.1, 0.15) is 18.5 Å². The van der Waals surface area contributed by atoms with Crippen LogP contribution in [0.15, 0.2) is 12.3 Å². The van der Waals surface area contributed by atoms with Crippen LogP contribution in [-0.2, 0) is 6.18 Å². The maximum Gasteiger partial charge on any atom is 0.433 e. The lowest BCUT2D eigenvalue weighted by Gasteiger charge is -2.09. The summed E-state index contributed by atoms with van der Waals surface area (Å²) in [7, 11) is 0. The zero-order valence-corrected chi connectivity index (χ0v) is 8.40. The summed E-state index contributed by atoms with van der Waals surface area (Å²) in [5, 5.41) is 10.6. The highest BCUT2D eigenvalue weighted by Gasteiger charge is 2.36. The molecule has 0 bridgehead atoms. The Morgan fingerprint density at radius 1 is 1.47 bits per heavy atom. The van der Waals surface area contributed by atoms with E-state index in [0.717, 1.165) is 0 Å². The molecule has 0 amide bonds. The van der Waals surface area contributed by atoms with Crippen molar-refractivity contribution in [1.82, 2.24) is 4.98 Å². The van der Waals surface area contributed by atoms with Gasteiger partial charge in [-0.3, -0.25) is 10.1 Å². The van der Waals surface area contributed by atoms with Crippen molar-refractivity contribution >= 4 is 5.69 Å². The summed E-state index contributed by atoms with van der Waals surface area (Å²) in [6, 6.07) is 0.566. The number of aromatic nitrogens is 1. The van der Waals surface area contributed by atoms with Crippen molar-refractivity contribution in [2.45, 2.75) is 25.1 Å². The molecule has 0 atom stereocenters. The molecule has 5 nitrogen and oxygen atoms in total. The van der Waals surface area contributed by atoms with Gasteiger partial charge in [0.25, 0.3) is 0 Å². The van der Waals surface area contributed by atoms with Crippen LogP contribution >= 0.6 is 0 Å². The van der Waals surface area contributed by atoms with E-state index in [9.17, 15) is 23.3 Å². The Kier molecular flexibility index (Phi) is 2.64. The smallest absolute Gasteiger partial charge is 0.433 e. The molecule has 1 heterocycles. The van der Waals surface area contributed by atoms with Crippen LogP contribution in [0.5, 0.6) is 5.75 Å². The highest BCUT2D eigenvalue weighted by Crippen LogP contribution is 2.37. The second-order valence-corrected chi connectivity index (χ2v) is 3.61. The van der Waals surface area contributed by atoms with Crippen LogP contribution in [0.3, 0.4) is 0 Å². The first-order valence-electron chi connectivity index (χ1n) is 4.76. The van der Waals surface area contributed by atoms with Crippen LogP contribution in [0.25, 0.3) is 0 Å². The lowest BCUT2D eigenvalue weighted by Crippen LogP contribution is -2.10. The maximum atomic E-state index is 12.4. The highest BCUT2D eigenvalue weighted by molar-refractivity contribution is 5.45. The number of ether oxygens (including phenoxy) is 1. The molecule has 0 saturated heterocycles. The third-order valence-corrected chi connectivity index (χ3v) is 2.15. The summed E-state index contributed by atoms with van der Waals surface area (Å²) in [5.74, 6) is -0.375. The number of nitro groups is 1. The van der Waals surface area contributed by atoms with Crippen molar-refractivity contribution in [3.63, 3.8) is 0 Å². The van der Waals surface area contributed by atoms with Crippen molar-refractivity contribution < 1.29 is 22.8 Å². The molecule has 92 valence electrons. The summed E-state index contributed by atoms with van der Waals surface area (Å²) in [6.07, 6.45) is -2.91. The third-order valence-electron chi connectivity index (χ3n) is 2.15. The van der Waals surface area contributed by atoms with Gasteiger partial charge in [-0.05, 0) is 12.8 Å². The summed E-state index contributed by atoms with van der Waals surface area (Å²) < 4.78 is 42.2.